The minimum atomic E-state index is -0.951. The standard InChI is InChI=1S/C18H26ClNO4/c1-3-23-12-17(21)20-9-4-7-18(22,8-10-20)13-24-16-11-14(2)5-6-15(16)19/h5-6,11,22H,3-4,7-10,12-13H2,1-2H3. The molecule has 0 spiro atoms. The lowest BCUT2D eigenvalue weighted by Gasteiger charge is -2.27. The second kappa shape index (κ2) is 8.70. The fraction of sp³-hybridized carbons (Fsp3) is 0.611. The minimum absolute atomic E-state index is 0.0243. The Morgan fingerprint density at radius 1 is 1.38 bits per heavy atom. The summed E-state index contributed by atoms with van der Waals surface area (Å²) in [6.07, 6.45) is 1.81. The van der Waals surface area contributed by atoms with Gasteiger partial charge < -0.3 is 19.5 Å². The smallest absolute Gasteiger partial charge is 0.248 e. The molecule has 1 heterocycles. The van der Waals surface area contributed by atoms with Crippen LogP contribution in [0.2, 0.25) is 5.02 Å². The molecule has 1 aromatic rings. The van der Waals surface area contributed by atoms with E-state index in [-0.39, 0.29) is 19.1 Å². The Labute approximate surface area is 148 Å². The van der Waals surface area contributed by atoms with Crippen LogP contribution in [-0.4, -0.2) is 54.4 Å². The van der Waals surface area contributed by atoms with Gasteiger partial charge in [-0.25, -0.2) is 0 Å². The quantitative estimate of drug-likeness (QED) is 0.852. The summed E-state index contributed by atoms with van der Waals surface area (Å²) in [4.78, 5) is 13.8. The molecule has 1 amide bonds. The summed E-state index contributed by atoms with van der Waals surface area (Å²) in [5, 5.41) is 11.3. The molecule has 134 valence electrons. The molecule has 1 unspecified atom stereocenters. The maximum absolute atomic E-state index is 12.1. The molecule has 24 heavy (non-hydrogen) atoms. The van der Waals surface area contributed by atoms with E-state index in [1.54, 1.807) is 11.0 Å². The van der Waals surface area contributed by atoms with Crippen molar-refractivity contribution in [2.24, 2.45) is 0 Å². The highest BCUT2D eigenvalue weighted by atomic mass is 35.5. The molecule has 6 heteroatoms. The lowest BCUT2D eigenvalue weighted by Crippen LogP contribution is -2.39. The molecule has 0 aromatic heterocycles. The van der Waals surface area contributed by atoms with Gasteiger partial charge in [0.05, 0.1) is 5.02 Å². The first kappa shape index (κ1) is 19.0. The van der Waals surface area contributed by atoms with Gasteiger partial charge in [0.2, 0.25) is 5.91 Å². The summed E-state index contributed by atoms with van der Waals surface area (Å²) in [5.41, 5.74) is 0.100. The SMILES string of the molecule is CCOCC(=O)N1CCCC(O)(COc2cc(C)ccc2Cl)CC1. The van der Waals surface area contributed by atoms with Gasteiger partial charge in [-0.1, -0.05) is 17.7 Å². The van der Waals surface area contributed by atoms with Crippen molar-refractivity contribution in [3.8, 4) is 5.75 Å². The van der Waals surface area contributed by atoms with Gasteiger partial charge in [0.1, 0.15) is 24.6 Å². The number of carbonyl (C=O) groups excluding carboxylic acids is 1. The van der Waals surface area contributed by atoms with Gasteiger partial charge in [0.15, 0.2) is 0 Å². The van der Waals surface area contributed by atoms with Crippen LogP contribution in [-0.2, 0) is 9.53 Å². The first-order valence-corrected chi connectivity index (χ1v) is 8.78. The average Bonchev–Trinajstić information content (AvgIpc) is 2.76. The zero-order valence-corrected chi connectivity index (χ0v) is 15.1. The number of amides is 1. The number of ether oxygens (including phenoxy) is 2. The van der Waals surface area contributed by atoms with Gasteiger partial charge in [0.25, 0.3) is 0 Å². The van der Waals surface area contributed by atoms with Crippen molar-refractivity contribution >= 4 is 17.5 Å². The molecule has 0 radical (unpaired) electrons. The molecule has 0 saturated carbocycles. The van der Waals surface area contributed by atoms with Crippen molar-refractivity contribution in [2.75, 3.05) is 32.9 Å². The van der Waals surface area contributed by atoms with Crippen LogP contribution < -0.4 is 4.74 Å². The molecule has 5 nitrogen and oxygen atoms in total. The predicted molar refractivity (Wildman–Crippen MR) is 93.6 cm³/mol. The molecular formula is C18H26ClNO4. The normalized spacial score (nSPS) is 21.4. The maximum atomic E-state index is 12.1. The Bertz CT molecular complexity index is 566. The Balaban J connectivity index is 1.91. The number of benzene rings is 1. The number of hydrogen-bond donors (Lipinski definition) is 1. The zero-order chi connectivity index (χ0) is 17.6. The molecule has 1 N–H and O–H groups in total. The van der Waals surface area contributed by atoms with E-state index in [1.807, 2.05) is 26.0 Å². The minimum Gasteiger partial charge on any atom is -0.489 e. The Morgan fingerprint density at radius 2 is 2.17 bits per heavy atom. The molecule has 0 aliphatic carbocycles. The van der Waals surface area contributed by atoms with Gasteiger partial charge in [-0.05, 0) is 50.8 Å². The summed E-state index contributed by atoms with van der Waals surface area (Å²) in [6, 6.07) is 5.56. The van der Waals surface area contributed by atoms with E-state index in [2.05, 4.69) is 0 Å². The predicted octanol–water partition coefficient (Wildman–Crippen LogP) is 2.81. The summed E-state index contributed by atoms with van der Waals surface area (Å²) in [7, 11) is 0. The van der Waals surface area contributed by atoms with Crippen molar-refractivity contribution in [1.29, 1.82) is 0 Å². The van der Waals surface area contributed by atoms with Gasteiger partial charge >= 0.3 is 0 Å². The van der Waals surface area contributed by atoms with Crippen LogP contribution in [0, 0.1) is 6.92 Å². The van der Waals surface area contributed by atoms with Crippen LogP contribution in [0.25, 0.3) is 0 Å². The molecule has 1 aromatic carbocycles. The molecule has 2 rings (SSSR count). The molecule has 1 fully saturated rings. The van der Waals surface area contributed by atoms with E-state index in [4.69, 9.17) is 21.1 Å². The van der Waals surface area contributed by atoms with Gasteiger partial charge in [-0.2, -0.15) is 0 Å². The second-order valence-electron chi connectivity index (χ2n) is 6.32. The van der Waals surface area contributed by atoms with E-state index >= 15 is 0 Å². The van der Waals surface area contributed by atoms with Crippen molar-refractivity contribution < 1.29 is 19.4 Å². The number of halogens is 1. The zero-order valence-electron chi connectivity index (χ0n) is 14.4. The van der Waals surface area contributed by atoms with Crippen LogP contribution >= 0.6 is 11.6 Å². The lowest BCUT2D eigenvalue weighted by molar-refractivity contribution is -0.136. The molecular weight excluding hydrogens is 330 g/mol. The number of hydrogen-bond acceptors (Lipinski definition) is 4. The number of rotatable bonds is 6. The van der Waals surface area contributed by atoms with E-state index in [0.717, 1.165) is 12.0 Å². The number of aliphatic hydroxyl groups is 1. The van der Waals surface area contributed by atoms with Crippen LogP contribution in [0.3, 0.4) is 0 Å². The second-order valence-corrected chi connectivity index (χ2v) is 6.73. The van der Waals surface area contributed by atoms with E-state index in [9.17, 15) is 9.90 Å². The largest absolute Gasteiger partial charge is 0.489 e. The fourth-order valence-corrected chi connectivity index (χ4v) is 2.96. The highest BCUT2D eigenvalue weighted by Gasteiger charge is 2.32. The van der Waals surface area contributed by atoms with Crippen molar-refractivity contribution in [3.05, 3.63) is 28.8 Å². The fourth-order valence-electron chi connectivity index (χ4n) is 2.79. The van der Waals surface area contributed by atoms with Crippen LogP contribution in [0.5, 0.6) is 5.75 Å². The molecule has 1 aliphatic heterocycles. The average molecular weight is 356 g/mol. The summed E-state index contributed by atoms with van der Waals surface area (Å²) in [5.74, 6) is 0.558. The monoisotopic (exact) mass is 355 g/mol. The molecule has 1 aliphatic rings. The van der Waals surface area contributed by atoms with Crippen LogP contribution in [0.1, 0.15) is 31.7 Å². The van der Waals surface area contributed by atoms with Crippen molar-refractivity contribution in [3.63, 3.8) is 0 Å². The first-order chi connectivity index (χ1) is 11.4. The highest BCUT2D eigenvalue weighted by molar-refractivity contribution is 6.32. The third-order valence-corrected chi connectivity index (χ3v) is 4.59. The van der Waals surface area contributed by atoms with Gasteiger partial charge in [-0.3, -0.25) is 4.79 Å². The number of carbonyl (C=O) groups is 1. The maximum Gasteiger partial charge on any atom is 0.248 e. The van der Waals surface area contributed by atoms with Gasteiger partial charge in [-0.15, -0.1) is 0 Å². The van der Waals surface area contributed by atoms with Crippen molar-refractivity contribution in [1.82, 2.24) is 4.90 Å². The summed E-state index contributed by atoms with van der Waals surface area (Å²) < 4.78 is 10.9. The number of nitrogens with zero attached hydrogens (tertiary/aromatic N) is 1. The van der Waals surface area contributed by atoms with Crippen LogP contribution in [0.4, 0.5) is 0 Å². The summed E-state index contributed by atoms with van der Waals surface area (Å²) in [6.45, 7) is 5.77. The molecule has 1 atom stereocenters. The molecule has 0 bridgehead atoms. The van der Waals surface area contributed by atoms with E-state index in [1.165, 1.54) is 0 Å². The Morgan fingerprint density at radius 3 is 2.92 bits per heavy atom. The van der Waals surface area contributed by atoms with Gasteiger partial charge in [0, 0.05) is 19.7 Å². The third kappa shape index (κ3) is 5.36. The number of aryl methyl sites for hydroxylation is 1. The van der Waals surface area contributed by atoms with Crippen LogP contribution in [0.15, 0.2) is 18.2 Å². The first-order valence-electron chi connectivity index (χ1n) is 8.40. The Hall–Kier alpha value is -1.30. The van der Waals surface area contributed by atoms with E-state index in [0.29, 0.717) is 43.3 Å². The lowest BCUT2D eigenvalue weighted by atomic mass is 9.96. The molecule has 1 saturated heterocycles. The topological polar surface area (TPSA) is 59.0 Å². The third-order valence-electron chi connectivity index (χ3n) is 4.28. The number of likely N-dealkylation sites (tertiary alicyclic amines) is 1. The summed E-state index contributed by atoms with van der Waals surface area (Å²) >= 11 is 6.13. The van der Waals surface area contributed by atoms with Crippen molar-refractivity contribution in [2.45, 2.75) is 38.7 Å². The van der Waals surface area contributed by atoms with E-state index < -0.39 is 5.60 Å². The Kier molecular flexibility index (Phi) is 6.90. The highest BCUT2D eigenvalue weighted by Crippen LogP contribution is 2.28.